The van der Waals surface area contributed by atoms with Gasteiger partial charge in [-0.05, 0) is 51.0 Å². The van der Waals surface area contributed by atoms with Gasteiger partial charge in [-0.15, -0.1) is 0 Å². The monoisotopic (exact) mass is 361 g/mol. The zero-order valence-corrected chi connectivity index (χ0v) is 15.5. The van der Waals surface area contributed by atoms with E-state index in [2.05, 4.69) is 10.4 Å². The van der Waals surface area contributed by atoms with Crippen molar-refractivity contribution in [3.8, 4) is 5.69 Å². The number of halogens is 1. The Morgan fingerprint density at radius 1 is 1.23 bits per heavy atom. The summed E-state index contributed by atoms with van der Waals surface area (Å²) in [6.45, 7) is 7.18. The number of hydrogen-bond donors (Lipinski definition) is 2. The van der Waals surface area contributed by atoms with Gasteiger partial charge >= 0.3 is 5.97 Å². The average Bonchev–Trinajstić information content (AvgIpc) is 2.93. The second kappa shape index (κ2) is 7.68. The normalized spacial score (nSPS) is 11.4. The smallest absolute Gasteiger partial charge is 0.311 e. The molecule has 0 atom stereocenters. The van der Waals surface area contributed by atoms with Gasteiger partial charge in [-0.1, -0.05) is 13.8 Å². The fourth-order valence-corrected chi connectivity index (χ4v) is 2.92. The number of rotatable bonds is 7. The van der Waals surface area contributed by atoms with Crippen molar-refractivity contribution in [1.82, 2.24) is 15.1 Å². The van der Waals surface area contributed by atoms with Crippen molar-refractivity contribution in [2.75, 3.05) is 6.54 Å². The van der Waals surface area contributed by atoms with E-state index in [4.69, 9.17) is 0 Å². The van der Waals surface area contributed by atoms with Gasteiger partial charge in [0.05, 0.1) is 11.1 Å². The van der Waals surface area contributed by atoms with Gasteiger partial charge < -0.3 is 10.4 Å². The van der Waals surface area contributed by atoms with Gasteiger partial charge in [-0.2, -0.15) is 5.10 Å². The molecular formula is C19H24FN3O3. The van der Waals surface area contributed by atoms with Crippen molar-refractivity contribution in [3.63, 3.8) is 0 Å². The summed E-state index contributed by atoms with van der Waals surface area (Å²) in [5.41, 5.74) is 0.940. The van der Waals surface area contributed by atoms with E-state index in [1.807, 2.05) is 19.9 Å². The first-order valence-electron chi connectivity index (χ1n) is 8.59. The number of aryl methyl sites for hydroxylation is 2. The van der Waals surface area contributed by atoms with Gasteiger partial charge in [-0.3, -0.25) is 9.59 Å². The quantitative estimate of drug-likeness (QED) is 0.793. The molecule has 1 amide bonds. The van der Waals surface area contributed by atoms with Crippen LogP contribution >= 0.6 is 0 Å². The fraction of sp³-hybridized carbons (Fsp3) is 0.421. The Morgan fingerprint density at radius 3 is 2.35 bits per heavy atom. The number of carbonyl (C=O) groups is 2. The molecule has 1 aromatic heterocycles. The first-order valence-corrected chi connectivity index (χ1v) is 8.59. The maximum absolute atomic E-state index is 14.5. The maximum atomic E-state index is 14.5. The largest absolute Gasteiger partial charge is 0.481 e. The van der Waals surface area contributed by atoms with Gasteiger partial charge in [0.2, 0.25) is 0 Å². The number of nitrogens with one attached hydrogen (secondary N) is 1. The highest BCUT2D eigenvalue weighted by Crippen LogP contribution is 2.26. The molecule has 1 heterocycles. The van der Waals surface area contributed by atoms with Crippen LogP contribution in [-0.4, -0.2) is 33.3 Å². The molecule has 2 rings (SSSR count). The Labute approximate surface area is 152 Å². The van der Waals surface area contributed by atoms with Crippen molar-refractivity contribution in [2.24, 2.45) is 5.41 Å². The lowest BCUT2D eigenvalue weighted by molar-refractivity contribution is -0.149. The highest BCUT2D eigenvalue weighted by Gasteiger charge is 2.35. The molecule has 0 unspecified atom stereocenters. The predicted octanol–water partition coefficient (Wildman–Crippen LogP) is 3.25. The first-order chi connectivity index (χ1) is 12.2. The Balaban J connectivity index is 2.19. The third-order valence-electron chi connectivity index (χ3n) is 4.84. The molecule has 0 spiro atoms. The molecule has 0 fully saturated rings. The van der Waals surface area contributed by atoms with E-state index in [1.54, 1.807) is 13.8 Å². The summed E-state index contributed by atoms with van der Waals surface area (Å²) in [5.74, 6) is -2.02. The summed E-state index contributed by atoms with van der Waals surface area (Å²) in [7, 11) is 0. The van der Waals surface area contributed by atoms with Crippen molar-refractivity contribution in [3.05, 3.63) is 47.0 Å². The molecule has 140 valence electrons. The van der Waals surface area contributed by atoms with Gasteiger partial charge in [-0.25, -0.2) is 9.07 Å². The number of carbonyl (C=O) groups excluding carboxylic acids is 1. The highest BCUT2D eigenvalue weighted by molar-refractivity contribution is 5.94. The van der Waals surface area contributed by atoms with Crippen LogP contribution in [0.4, 0.5) is 4.39 Å². The zero-order valence-electron chi connectivity index (χ0n) is 15.5. The number of aliphatic carboxylic acids is 1. The number of nitrogens with zero attached hydrogens (tertiary/aromatic N) is 2. The van der Waals surface area contributed by atoms with Crippen LogP contribution in [0, 0.1) is 25.1 Å². The highest BCUT2D eigenvalue weighted by atomic mass is 19.1. The number of hydrogen-bond acceptors (Lipinski definition) is 3. The SMILES string of the molecule is CCC(CC)(CNC(=O)c1ccc(-n2nc(C)cc2C)c(F)c1)C(=O)O. The van der Waals surface area contributed by atoms with E-state index in [9.17, 15) is 19.1 Å². The first kappa shape index (κ1) is 19.6. The summed E-state index contributed by atoms with van der Waals surface area (Å²) in [5, 5.41) is 16.3. The van der Waals surface area contributed by atoms with Crippen LogP contribution in [0.1, 0.15) is 48.4 Å². The Kier molecular flexibility index (Phi) is 5.79. The summed E-state index contributed by atoms with van der Waals surface area (Å²) in [6.07, 6.45) is 0.786. The number of aromatic nitrogens is 2. The van der Waals surface area contributed by atoms with E-state index in [0.29, 0.717) is 12.8 Å². The minimum Gasteiger partial charge on any atom is -0.481 e. The van der Waals surface area contributed by atoms with Crippen LogP contribution in [0.2, 0.25) is 0 Å². The van der Waals surface area contributed by atoms with Crippen molar-refractivity contribution in [2.45, 2.75) is 40.5 Å². The molecule has 0 aliphatic carbocycles. The van der Waals surface area contributed by atoms with Crippen LogP contribution in [0.15, 0.2) is 24.3 Å². The molecule has 0 radical (unpaired) electrons. The van der Waals surface area contributed by atoms with Gasteiger partial charge in [0.25, 0.3) is 5.91 Å². The fourth-order valence-electron chi connectivity index (χ4n) is 2.92. The number of carboxylic acid groups (broad SMARTS) is 1. The second-order valence-electron chi connectivity index (χ2n) is 6.48. The Morgan fingerprint density at radius 2 is 1.88 bits per heavy atom. The van der Waals surface area contributed by atoms with Crippen LogP contribution < -0.4 is 5.32 Å². The van der Waals surface area contributed by atoms with E-state index < -0.39 is 23.1 Å². The molecule has 6 nitrogen and oxygen atoms in total. The van der Waals surface area contributed by atoms with E-state index in [1.165, 1.54) is 16.8 Å². The van der Waals surface area contributed by atoms with Crippen molar-refractivity contribution in [1.29, 1.82) is 0 Å². The lowest BCUT2D eigenvalue weighted by Crippen LogP contribution is -2.42. The van der Waals surface area contributed by atoms with E-state index in [-0.39, 0.29) is 17.8 Å². The number of amides is 1. The third-order valence-corrected chi connectivity index (χ3v) is 4.84. The zero-order chi connectivity index (χ0) is 19.5. The molecule has 26 heavy (non-hydrogen) atoms. The summed E-state index contributed by atoms with van der Waals surface area (Å²) >= 11 is 0. The molecule has 0 saturated heterocycles. The molecule has 7 heteroatoms. The van der Waals surface area contributed by atoms with Crippen LogP contribution in [0.5, 0.6) is 0 Å². The summed E-state index contributed by atoms with van der Waals surface area (Å²) in [6, 6.07) is 5.97. The molecular weight excluding hydrogens is 337 g/mol. The third kappa shape index (κ3) is 3.76. The van der Waals surface area contributed by atoms with Crippen molar-refractivity contribution < 1.29 is 19.1 Å². The lowest BCUT2D eigenvalue weighted by Gasteiger charge is -2.26. The predicted molar refractivity (Wildman–Crippen MR) is 96.0 cm³/mol. The van der Waals surface area contributed by atoms with Crippen molar-refractivity contribution >= 4 is 11.9 Å². The number of carboxylic acids is 1. The van der Waals surface area contributed by atoms with Crippen LogP contribution in [0.3, 0.4) is 0 Å². The Hall–Kier alpha value is -2.70. The summed E-state index contributed by atoms with van der Waals surface area (Å²) in [4.78, 5) is 23.8. The molecule has 0 aliphatic heterocycles. The van der Waals surface area contributed by atoms with E-state index in [0.717, 1.165) is 17.5 Å². The molecule has 0 aliphatic rings. The second-order valence-corrected chi connectivity index (χ2v) is 6.48. The summed E-state index contributed by atoms with van der Waals surface area (Å²) < 4.78 is 16.0. The minimum absolute atomic E-state index is 0.00496. The maximum Gasteiger partial charge on any atom is 0.311 e. The molecule has 2 aromatic rings. The van der Waals surface area contributed by atoms with Gasteiger partial charge in [0.1, 0.15) is 11.5 Å². The van der Waals surface area contributed by atoms with Crippen LogP contribution in [-0.2, 0) is 4.79 Å². The lowest BCUT2D eigenvalue weighted by atomic mass is 9.82. The van der Waals surface area contributed by atoms with Gasteiger partial charge in [0.15, 0.2) is 0 Å². The van der Waals surface area contributed by atoms with Gasteiger partial charge in [0, 0.05) is 17.8 Å². The molecule has 0 saturated carbocycles. The molecule has 2 N–H and O–H groups in total. The minimum atomic E-state index is -1.02. The molecule has 0 bridgehead atoms. The number of benzene rings is 1. The Bertz CT molecular complexity index is 825. The topological polar surface area (TPSA) is 84.2 Å². The standard InChI is InChI=1S/C19H24FN3O3/c1-5-19(6-2,18(25)26)11-21-17(24)14-7-8-16(15(20)10-14)23-13(4)9-12(3)22-23/h7-10H,5-6,11H2,1-4H3,(H,21,24)(H,25,26). The average molecular weight is 361 g/mol. The van der Waals surface area contributed by atoms with Crippen LogP contribution in [0.25, 0.3) is 5.69 Å². The molecule has 1 aromatic carbocycles. The van der Waals surface area contributed by atoms with E-state index >= 15 is 0 Å².